The lowest BCUT2D eigenvalue weighted by Crippen LogP contribution is -2.25. The lowest BCUT2D eigenvalue weighted by Gasteiger charge is -2.17. The molecule has 2 rings (SSSR count). The van der Waals surface area contributed by atoms with E-state index < -0.39 is 17.7 Å². The highest BCUT2D eigenvalue weighted by Crippen LogP contribution is 2.19. The Morgan fingerprint density at radius 2 is 1.50 bits per heavy atom. The Hall–Kier alpha value is -2.95. The molecule has 0 aliphatic rings. The van der Waals surface area contributed by atoms with Crippen molar-refractivity contribution in [3.05, 3.63) is 60.2 Å². The number of hydrogen-bond donors (Lipinski definition) is 0. The third kappa shape index (κ3) is 5.84. The Labute approximate surface area is 153 Å². The number of carbonyl (C=O) groups is 2. The third-order valence-corrected chi connectivity index (χ3v) is 3.47. The second-order valence-electron chi connectivity index (χ2n) is 6.77. The number of hydrogen-bond acceptors (Lipinski definition) is 4. The molecule has 2 aromatic rings. The van der Waals surface area contributed by atoms with E-state index in [1.54, 1.807) is 20.8 Å². The first-order valence-corrected chi connectivity index (χ1v) is 8.32. The average molecular weight is 353 g/mol. The van der Waals surface area contributed by atoms with Gasteiger partial charge in [0.2, 0.25) is 0 Å². The van der Waals surface area contributed by atoms with E-state index >= 15 is 0 Å². The molecule has 0 fully saturated rings. The summed E-state index contributed by atoms with van der Waals surface area (Å²) in [6.07, 6.45) is -0.625. The van der Waals surface area contributed by atoms with E-state index in [1.165, 1.54) is 7.11 Å². The van der Waals surface area contributed by atoms with Gasteiger partial charge in [0, 0.05) is 6.42 Å². The molecule has 2 aromatic carbocycles. The van der Waals surface area contributed by atoms with Crippen molar-refractivity contribution in [1.82, 2.24) is 0 Å². The van der Waals surface area contributed by atoms with Gasteiger partial charge in [-0.2, -0.15) is 4.99 Å². The molecular weight excluding hydrogens is 330 g/mol. The van der Waals surface area contributed by atoms with Gasteiger partial charge in [-0.15, -0.1) is 0 Å². The van der Waals surface area contributed by atoms with Gasteiger partial charge in [0.1, 0.15) is 11.3 Å². The number of nitrogens with zero attached hydrogens (tertiary/aromatic N) is 1. The molecule has 5 heteroatoms. The molecule has 0 atom stereocenters. The first-order chi connectivity index (χ1) is 12.3. The molecule has 0 aromatic heterocycles. The maximum atomic E-state index is 11.9. The number of amides is 1. The summed E-state index contributed by atoms with van der Waals surface area (Å²) < 4.78 is 9.87. The zero-order chi connectivity index (χ0) is 19.2. The van der Waals surface area contributed by atoms with Gasteiger partial charge < -0.3 is 9.47 Å². The largest absolute Gasteiger partial charge is 0.465 e. The summed E-state index contributed by atoms with van der Waals surface area (Å²) in [4.78, 5) is 27.6. The summed E-state index contributed by atoms with van der Waals surface area (Å²) in [5.41, 5.74) is 2.35. The van der Waals surface area contributed by atoms with E-state index in [9.17, 15) is 9.59 Å². The predicted octanol–water partition coefficient (Wildman–Crippen LogP) is 4.45. The normalized spacial score (nSPS) is 11.8. The number of methoxy groups -OCH3 is 1. The molecule has 0 bridgehead atoms. The summed E-state index contributed by atoms with van der Waals surface area (Å²) in [5, 5.41) is 0. The second kappa shape index (κ2) is 8.43. The van der Waals surface area contributed by atoms with Crippen LogP contribution in [-0.4, -0.2) is 30.5 Å². The van der Waals surface area contributed by atoms with E-state index in [-0.39, 0.29) is 12.1 Å². The number of benzene rings is 2. The quantitative estimate of drug-likeness (QED) is 0.602. The third-order valence-electron chi connectivity index (χ3n) is 3.47. The first kappa shape index (κ1) is 19.4. The van der Waals surface area contributed by atoms with Crippen LogP contribution in [0.15, 0.2) is 59.6 Å². The van der Waals surface area contributed by atoms with Crippen molar-refractivity contribution in [2.45, 2.75) is 32.8 Å². The highest BCUT2D eigenvalue weighted by atomic mass is 16.6. The molecule has 0 saturated heterocycles. The Kier molecular flexibility index (Phi) is 6.28. The molecule has 26 heavy (non-hydrogen) atoms. The van der Waals surface area contributed by atoms with Crippen LogP contribution in [-0.2, 0) is 20.7 Å². The zero-order valence-electron chi connectivity index (χ0n) is 15.5. The molecule has 1 amide bonds. The summed E-state index contributed by atoms with van der Waals surface area (Å²) in [7, 11) is 1.26. The molecule has 0 saturated carbocycles. The van der Waals surface area contributed by atoms with Crippen molar-refractivity contribution in [2.24, 2.45) is 4.99 Å². The minimum Gasteiger partial charge on any atom is -0.465 e. The van der Waals surface area contributed by atoms with Crippen LogP contribution in [0.3, 0.4) is 0 Å². The molecule has 0 aliphatic carbocycles. The van der Waals surface area contributed by atoms with E-state index in [0.29, 0.717) is 0 Å². The SMILES string of the molecule is COC(=O)C(Cc1ccc(-c2ccccc2)cc1)=NC(=O)OC(C)(C)C. The molecule has 0 spiro atoms. The van der Waals surface area contributed by atoms with Crippen molar-refractivity contribution in [3.63, 3.8) is 0 Å². The fourth-order valence-electron chi connectivity index (χ4n) is 2.31. The van der Waals surface area contributed by atoms with Crippen LogP contribution < -0.4 is 0 Å². The van der Waals surface area contributed by atoms with E-state index in [0.717, 1.165) is 16.7 Å². The van der Waals surface area contributed by atoms with Crippen molar-refractivity contribution >= 4 is 17.8 Å². The highest BCUT2D eigenvalue weighted by molar-refractivity contribution is 6.38. The van der Waals surface area contributed by atoms with Crippen molar-refractivity contribution in [2.75, 3.05) is 7.11 Å². The van der Waals surface area contributed by atoms with Gasteiger partial charge in [-0.05, 0) is 37.5 Å². The van der Waals surface area contributed by atoms with Gasteiger partial charge in [-0.3, -0.25) is 0 Å². The number of rotatable bonds is 4. The monoisotopic (exact) mass is 353 g/mol. The molecule has 0 N–H and O–H groups in total. The Morgan fingerprint density at radius 3 is 2.04 bits per heavy atom. The van der Waals surface area contributed by atoms with Gasteiger partial charge in [0.15, 0.2) is 0 Å². The standard InChI is InChI=1S/C21H23NO4/c1-21(2,3)26-20(24)22-18(19(23)25-4)14-15-10-12-17(13-11-15)16-8-6-5-7-9-16/h5-13H,14H2,1-4H3. The fraction of sp³-hybridized carbons (Fsp3) is 0.286. The lowest BCUT2D eigenvalue weighted by atomic mass is 10.0. The number of ether oxygens (including phenoxy) is 2. The Balaban J connectivity index is 2.18. The van der Waals surface area contributed by atoms with Crippen molar-refractivity contribution in [3.8, 4) is 11.1 Å². The summed E-state index contributed by atoms with van der Waals surface area (Å²) in [5.74, 6) is -0.650. The van der Waals surface area contributed by atoms with Gasteiger partial charge in [0.25, 0.3) is 0 Å². The smallest absolute Gasteiger partial charge is 0.434 e. The summed E-state index contributed by atoms with van der Waals surface area (Å²) in [6, 6.07) is 17.7. The Bertz CT molecular complexity index is 787. The van der Waals surface area contributed by atoms with Crippen LogP contribution >= 0.6 is 0 Å². The summed E-state index contributed by atoms with van der Waals surface area (Å²) in [6.45, 7) is 5.21. The van der Waals surface area contributed by atoms with Gasteiger partial charge in [0.05, 0.1) is 7.11 Å². The van der Waals surface area contributed by atoms with Gasteiger partial charge in [-0.1, -0.05) is 54.6 Å². The first-order valence-electron chi connectivity index (χ1n) is 8.32. The lowest BCUT2D eigenvalue weighted by molar-refractivity contribution is -0.132. The molecule has 0 heterocycles. The van der Waals surface area contributed by atoms with E-state index in [4.69, 9.17) is 9.47 Å². The molecule has 0 unspecified atom stereocenters. The Morgan fingerprint density at radius 1 is 0.923 bits per heavy atom. The van der Waals surface area contributed by atoms with Crippen LogP contribution in [0.2, 0.25) is 0 Å². The van der Waals surface area contributed by atoms with E-state index in [2.05, 4.69) is 4.99 Å². The average Bonchev–Trinajstić information content (AvgIpc) is 2.60. The topological polar surface area (TPSA) is 65.0 Å². The maximum absolute atomic E-state index is 11.9. The fourth-order valence-corrected chi connectivity index (χ4v) is 2.31. The molecule has 0 aliphatic heterocycles. The van der Waals surface area contributed by atoms with Crippen LogP contribution in [0, 0.1) is 0 Å². The molecule has 5 nitrogen and oxygen atoms in total. The van der Waals surface area contributed by atoms with E-state index in [1.807, 2.05) is 54.6 Å². The van der Waals surface area contributed by atoms with Crippen molar-refractivity contribution in [1.29, 1.82) is 0 Å². The van der Waals surface area contributed by atoms with Gasteiger partial charge >= 0.3 is 12.1 Å². The second-order valence-corrected chi connectivity index (χ2v) is 6.77. The minimum absolute atomic E-state index is 0.00853. The summed E-state index contributed by atoms with van der Waals surface area (Å²) >= 11 is 0. The van der Waals surface area contributed by atoms with Crippen LogP contribution in [0.5, 0.6) is 0 Å². The van der Waals surface area contributed by atoms with Gasteiger partial charge in [-0.25, -0.2) is 9.59 Å². The van der Waals surface area contributed by atoms with Crippen molar-refractivity contribution < 1.29 is 19.1 Å². The molecule has 136 valence electrons. The van der Waals surface area contributed by atoms with Crippen LogP contribution in [0.1, 0.15) is 26.3 Å². The molecular formula is C21H23NO4. The predicted molar refractivity (Wildman–Crippen MR) is 101 cm³/mol. The zero-order valence-corrected chi connectivity index (χ0v) is 15.5. The minimum atomic E-state index is -0.807. The van der Waals surface area contributed by atoms with Crippen LogP contribution in [0.25, 0.3) is 11.1 Å². The number of aliphatic imine (C=N–C) groups is 1. The molecule has 0 radical (unpaired) electrons. The number of esters is 1. The number of carbonyl (C=O) groups excluding carboxylic acids is 2. The maximum Gasteiger partial charge on any atom is 0.434 e. The highest BCUT2D eigenvalue weighted by Gasteiger charge is 2.19. The van der Waals surface area contributed by atoms with Crippen LogP contribution in [0.4, 0.5) is 4.79 Å².